The van der Waals surface area contributed by atoms with Crippen LogP contribution >= 0.6 is 11.8 Å². The van der Waals surface area contributed by atoms with Gasteiger partial charge in [0.1, 0.15) is 11.5 Å². The minimum Gasteiger partial charge on any atom is -0.457 e. The van der Waals surface area contributed by atoms with E-state index in [1.54, 1.807) is 42.9 Å². The highest BCUT2D eigenvalue weighted by Gasteiger charge is 2.13. The van der Waals surface area contributed by atoms with Gasteiger partial charge in [0.15, 0.2) is 0 Å². The molecule has 0 aliphatic heterocycles. The Morgan fingerprint density at radius 3 is 2.56 bits per heavy atom. The SMILES string of the molecule is CSc1cc(Oc2ccncc2)ccc1[N+](=O)[O-]. The Morgan fingerprint density at radius 1 is 1.22 bits per heavy atom. The van der Waals surface area contributed by atoms with Crippen LogP contribution in [0.25, 0.3) is 0 Å². The molecule has 0 atom stereocenters. The third-order valence-electron chi connectivity index (χ3n) is 2.23. The molecule has 0 N–H and O–H groups in total. The molecule has 1 aromatic heterocycles. The van der Waals surface area contributed by atoms with E-state index >= 15 is 0 Å². The molecule has 0 amide bonds. The summed E-state index contributed by atoms with van der Waals surface area (Å²) in [6.45, 7) is 0. The topological polar surface area (TPSA) is 65.3 Å². The minimum absolute atomic E-state index is 0.0876. The number of nitro groups is 1. The zero-order chi connectivity index (χ0) is 13.0. The molecule has 2 aromatic rings. The molecule has 0 aliphatic rings. The van der Waals surface area contributed by atoms with Crippen LogP contribution in [0, 0.1) is 10.1 Å². The molecule has 0 fully saturated rings. The van der Waals surface area contributed by atoms with Crippen LogP contribution < -0.4 is 4.74 Å². The van der Waals surface area contributed by atoms with Gasteiger partial charge in [-0.15, -0.1) is 11.8 Å². The average molecular weight is 262 g/mol. The molecule has 0 radical (unpaired) electrons. The minimum atomic E-state index is -0.401. The summed E-state index contributed by atoms with van der Waals surface area (Å²) in [4.78, 5) is 14.9. The number of nitro benzene ring substituents is 1. The lowest BCUT2D eigenvalue weighted by Gasteiger charge is -2.06. The Kier molecular flexibility index (Phi) is 3.78. The van der Waals surface area contributed by atoms with Gasteiger partial charge in [-0.1, -0.05) is 0 Å². The molecule has 0 saturated heterocycles. The zero-order valence-corrected chi connectivity index (χ0v) is 10.4. The number of ether oxygens (including phenoxy) is 1. The summed E-state index contributed by atoms with van der Waals surface area (Å²) in [6, 6.07) is 8.13. The lowest BCUT2D eigenvalue weighted by Crippen LogP contribution is -1.92. The highest BCUT2D eigenvalue weighted by Crippen LogP contribution is 2.32. The molecule has 6 heteroatoms. The van der Waals surface area contributed by atoms with E-state index in [1.807, 2.05) is 0 Å². The number of hydrogen-bond acceptors (Lipinski definition) is 5. The molecule has 0 spiro atoms. The van der Waals surface area contributed by atoms with Crippen LogP contribution in [0.4, 0.5) is 5.69 Å². The van der Waals surface area contributed by atoms with Crippen molar-refractivity contribution in [2.24, 2.45) is 0 Å². The fourth-order valence-electron chi connectivity index (χ4n) is 1.41. The summed E-state index contributed by atoms with van der Waals surface area (Å²) in [5, 5.41) is 10.8. The van der Waals surface area contributed by atoms with Gasteiger partial charge in [-0.25, -0.2) is 0 Å². The lowest BCUT2D eigenvalue weighted by atomic mass is 10.3. The van der Waals surface area contributed by atoms with E-state index in [1.165, 1.54) is 17.8 Å². The van der Waals surface area contributed by atoms with Crippen molar-refractivity contribution in [1.29, 1.82) is 0 Å². The summed E-state index contributed by atoms with van der Waals surface area (Å²) in [5.74, 6) is 1.21. The van der Waals surface area contributed by atoms with E-state index < -0.39 is 4.92 Å². The summed E-state index contributed by atoms with van der Waals surface area (Å²) in [7, 11) is 0. The molecule has 5 nitrogen and oxygen atoms in total. The number of thioether (sulfide) groups is 1. The quantitative estimate of drug-likeness (QED) is 0.479. The van der Waals surface area contributed by atoms with E-state index in [0.717, 1.165) is 0 Å². The summed E-state index contributed by atoms with van der Waals surface area (Å²) in [6.07, 6.45) is 5.03. The molecule has 0 bridgehead atoms. The fraction of sp³-hybridized carbons (Fsp3) is 0.0833. The normalized spacial score (nSPS) is 10.1. The first-order valence-corrected chi connectivity index (χ1v) is 6.33. The van der Waals surface area contributed by atoms with Gasteiger partial charge >= 0.3 is 0 Å². The highest BCUT2D eigenvalue weighted by molar-refractivity contribution is 7.98. The van der Waals surface area contributed by atoms with Gasteiger partial charge in [-0.05, 0) is 24.5 Å². The van der Waals surface area contributed by atoms with E-state index in [4.69, 9.17) is 4.74 Å². The predicted octanol–water partition coefficient (Wildman–Crippen LogP) is 3.50. The number of hydrogen-bond donors (Lipinski definition) is 0. The van der Waals surface area contributed by atoms with Crippen molar-refractivity contribution in [3.63, 3.8) is 0 Å². The molecule has 92 valence electrons. The van der Waals surface area contributed by atoms with Crippen molar-refractivity contribution in [3.05, 3.63) is 52.8 Å². The smallest absolute Gasteiger partial charge is 0.283 e. The van der Waals surface area contributed by atoms with E-state index in [2.05, 4.69) is 4.98 Å². The Morgan fingerprint density at radius 2 is 1.94 bits per heavy atom. The monoisotopic (exact) mass is 262 g/mol. The molecular weight excluding hydrogens is 252 g/mol. The van der Waals surface area contributed by atoms with E-state index in [-0.39, 0.29) is 5.69 Å². The van der Waals surface area contributed by atoms with Crippen LogP contribution in [0.2, 0.25) is 0 Å². The van der Waals surface area contributed by atoms with Crippen molar-refractivity contribution >= 4 is 17.4 Å². The van der Waals surface area contributed by atoms with Crippen molar-refractivity contribution in [3.8, 4) is 11.5 Å². The van der Waals surface area contributed by atoms with Crippen LogP contribution in [0.3, 0.4) is 0 Å². The van der Waals surface area contributed by atoms with Gasteiger partial charge in [0.2, 0.25) is 0 Å². The number of nitrogens with zero attached hydrogens (tertiary/aromatic N) is 2. The van der Waals surface area contributed by atoms with E-state index in [0.29, 0.717) is 16.4 Å². The van der Waals surface area contributed by atoms with Crippen molar-refractivity contribution in [2.45, 2.75) is 4.90 Å². The summed E-state index contributed by atoms with van der Waals surface area (Å²) in [5.41, 5.74) is 0.0876. The second-order valence-corrected chi connectivity index (χ2v) is 4.22. The maximum Gasteiger partial charge on any atom is 0.283 e. The molecule has 2 rings (SSSR count). The van der Waals surface area contributed by atoms with E-state index in [9.17, 15) is 10.1 Å². The second-order valence-electron chi connectivity index (χ2n) is 3.38. The van der Waals surface area contributed by atoms with Gasteiger partial charge in [0.25, 0.3) is 5.69 Å². The van der Waals surface area contributed by atoms with Crippen molar-refractivity contribution in [2.75, 3.05) is 6.26 Å². The van der Waals surface area contributed by atoms with Gasteiger partial charge in [-0.3, -0.25) is 15.1 Å². The second kappa shape index (κ2) is 5.50. The van der Waals surface area contributed by atoms with Gasteiger partial charge in [0, 0.05) is 24.5 Å². The lowest BCUT2D eigenvalue weighted by molar-refractivity contribution is -0.387. The number of benzene rings is 1. The molecule has 1 aromatic carbocycles. The summed E-state index contributed by atoms with van der Waals surface area (Å²) >= 11 is 1.31. The van der Waals surface area contributed by atoms with Crippen molar-refractivity contribution in [1.82, 2.24) is 4.98 Å². The van der Waals surface area contributed by atoms with Gasteiger partial charge in [-0.2, -0.15) is 0 Å². The number of aromatic nitrogens is 1. The predicted molar refractivity (Wildman–Crippen MR) is 69.2 cm³/mol. The van der Waals surface area contributed by atoms with Crippen LogP contribution in [-0.4, -0.2) is 16.2 Å². The molecule has 1 heterocycles. The molecular formula is C12H10N2O3S. The fourth-order valence-corrected chi connectivity index (χ4v) is 2.00. The Balaban J connectivity index is 2.28. The third kappa shape index (κ3) is 2.78. The van der Waals surface area contributed by atoms with Gasteiger partial charge in [0.05, 0.1) is 9.82 Å². The molecule has 0 unspecified atom stereocenters. The van der Waals surface area contributed by atoms with Crippen LogP contribution in [0.1, 0.15) is 0 Å². The zero-order valence-electron chi connectivity index (χ0n) is 9.57. The largest absolute Gasteiger partial charge is 0.457 e. The standard InChI is InChI=1S/C12H10N2O3S/c1-18-12-8-10(2-3-11(12)14(15)16)17-9-4-6-13-7-5-9/h2-8H,1H3. The number of pyridine rings is 1. The first-order chi connectivity index (χ1) is 8.70. The third-order valence-corrected chi connectivity index (χ3v) is 3.00. The maximum absolute atomic E-state index is 10.8. The van der Waals surface area contributed by atoms with Gasteiger partial charge < -0.3 is 4.74 Å². The Hall–Kier alpha value is -2.08. The average Bonchev–Trinajstić information content (AvgIpc) is 2.39. The number of rotatable bonds is 4. The van der Waals surface area contributed by atoms with Crippen molar-refractivity contribution < 1.29 is 9.66 Å². The molecule has 0 aliphatic carbocycles. The summed E-state index contributed by atoms with van der Waals surface area (Å²) < 4.78 is 5.58. The first-order valence-electron chi connectivity index (χ1n) is 5.11. The first kappa shape index (κ1) is 12.4. The molecule has 0 saturated carbocycles. The maximum atomic E-state index is 10.8. The Bertz CT molecular complexity index is 561. The van der Waals surface area contributed by atoms with Crippen LogP contribution in [0.15, 0.2) is 47.6 Å². The Labute approximate surface area is 108 Å². The highest BCUT2D eigenvalue weighted by atomic mass is 32.2. The van der Waals surface area contributed by atoms with Crippen LogP contribution in [-0.2, 0) is 0 Å². The van der Waals surface area contributed by atoms with Crippen LogP contribution in [0.5, 0.6) is 11.5 Å². The molecule has 18 heavy (non-hydrogen) atoms.